The maximum Gasteiger partial charge on any atom is 0.259 e. The van der Waals surface area contributed by atoms with E-state index in [2.05, 4.69) is 16.4 Å². The molecule has 1 aliphatic rings. The van der Waals surface area contributed by atoms with Gasteiger partial charge in [0.05, 0.1) is 22.4 Å². The number of carbonyl (C=O) groups is 1. The molecule has 1 amide bonds. The van der Waals surface area contributed by atoms with Gasteiger partial charge in [0.15, 0.2) is 0 Å². The first kappa shape index (κ1) is 24.1. The van der Waals surface area contributed by atoms with E-state index in [0.29, 0.717) is 44.5 Å². The van der Waals surface area contributed by atoms with Crippen molar-refractivity contribution in [2.45, 2.75) is 26.1 Å². The Kier molecular flexibility index (Phi) is 6.54. The maximum atomic E-state index is 14.0. The standard InChI is InChI=1S/C27H24ClN5O2S/c1-15-13-33(14-16(2)35-15)27(34)22-23-24(36-26(22)31-19-6-4-3-5-7-19)21(20(12-29)25(30)32-23)17-8-10-18(28)11-9-17/h3-11,15-16,31H,13-14H2,1-2H3,(H2,30,32). The third-order valence-electron chi connectivity index (χ3n) is 6.05. The summed E-state index contributed by atoms with van der Waals surface area (Å²) in [6.07, 6.45) is -0.165. The summed E-state index contributed by atoms with van der Waals surface area (Å²) in [6, 6.07) is 19.1. The van der Waals surface area contributed by atoms with Crippen molar-refractivity contribution < 1.29 is 9.53 Å². The molecule has 1 aliphatic heterocycles. The van der Waals surface area contributed by atoms with Crippen LogP contribution in [0.4, 0.5) is 16.5 Å². The number of hydrogen-bond donors (Lipinski definition) is 2. The molecule has 4 aromatic rings. The number of nitrogens with zero attached hydrogens (tertiary/aromatic N) is 3. The molecule has 0 saturated carbocycles. The summed E-state index contributed by atoms with van der Waals surface area (Å²) < 4.78 is 6.55. The van der Waals surface area contributed by atoms with Gasteiger partial charge < -0.3 is 20.7 Å². The van der Waals surface area contributed by atoms with Gasteiger partial charge in [-0.25, -0.2) is 4.98 Å². The number of fused-ring (bicyclic) bond motifs is 1. The number of aromatic nitrogens is 1. The van der Waals surface area contributed by atoms with Crippen LogP contribution in [0.3, 0.4) is 0 Å². The summed E-state index contributed by atoms with van der Waals surface area (Å²) in [5, 5.41) is 14.6. The summed E-state index contributed by atoms with van der Waals surface area (Å²) in [5.74, 6) is -0.0721. The van der Waals surface area contributed by atoms with Crippen LogP contribution in [0.25, 0.3) is 21.3 Å². The first-order valence-corrected chi connectivity index (χ1v) is 12.7. The number of rotatable bonds is 4. The smallest absolute Gasteiger partial charge is 0.259 e. The summed E-state index contributed by atoms with van der Waals surface area (Å²) >= 11 is 7.51. The van der Waals surface area contributed by atoms with Crippen molar-refractivity contribution in [2.75, 3.05) is 24.1 Å². The Hall–Kier alpha value is -3.64. The minimum absolute atomic E-state index is 0.0803. The number of hydrogen-bond acceptors (Lipinski definition) is 7. The van der Waals surface area contributed by atoms with Gasteiger partial charge in [-0.15, -0.1) is 11.3 Å². The zero-order chi connectivity index (χ0) is 25.4. The zero-order valence-electron chi connectivity index (χ0n) is 19.8. The van der Waals surface area contributed by atoms with Crippen LogP contribution in [0.15, 0.2) is 54.6 Å². The third-order valence-corrected chi connectivity index (χ3v) is 7.41. The molecule has 1 saturated heterocycles. The Bertz CT molecular complexity index is 1470. The Morgan fingerprint density at radius 1 is 1.17 bits per heavy atom. The molecule has 0 bridgehead atoms. The van der Waals surface area contributed by atoms with E-state index in [0.717, 1.165) is 11.3 Å². The molecule has 3 N–H and O–H groups in total. The molecular formula is C27H24ClN5O2S. The SMILES string of the molecule is CC1CN(C(=O)c2c(Nc3ccccc3)sc3c(-c4ccc(Cl)cc4)c(C#N)c(N)nc23)CC(C)O1. The predicted molar refractivity (Wildman–Crippen MR) is 145 cm³/mol. The van der Waals surface area contributed by atoms with Crippen LogP contribution in [-0.2, 0) is 4.74 Å². The molecule has 7 nitrogen and oxygen atoms in total. The first-order chi connectivity index (χ1) is 17.4. The van der Waals surface area contributed by atoms with E-state index in [9.17, 15) is 10.1 Å². The van der Waals surface area contributed by atoms with E-state index in [-0.39, 0.29) is 29.5 Å². The Labute approximate surface area is 218 Å². The van der Waals surface area contributed by atoms with Crippen molar-refractivity contribution >= 4 is 55.6 Å². The van der Waals surface area contributed by atoms with Crippen molar-refractivity contribution in [3.8, 4) is 17.2 Å². The number of benzene rings is 2. The fraction of sp³-hybridized carbons (Fsp3) is 0.222. The van der Waals surface area contributed by atoms with Gasteiger partial charge >= 0.3 is 0 Å². The second kappa shape index (κ2) is 9.78. The highest BCUT2D eigenvalue weighted by Crippen LogP contribution is 2.45. The molecule has 0 radical (unpaired) electrons. The van der Waals surface area contributed by atoms with Crippen LogP contribution in [0.1, 0.15) is 29.8 Å². The molecule has 1 fully saturated rings. The fourth-order valence-electron chi connectivity index (χ4n) is 4.56. The van der Waals surface area contributed by atoms with Crippen LogP contribution in [0.2, 0.25) is 5.02 Å². The number of pyridine rings is 1. The number of halogens is 1. The highest BCUT2D eigenvalue weighted by Gasteiger charge is 2.32. The number of morpholine rings is 1. The quantitative estimate of drug-likeness (QED) is 0.341. The van der Waals surface area contributed by atoms with E-state index in [4.69, 9.17) is 22.1 Å². The number of carbonyl (C=O) groups excluding carboxylic acids is 1. The molecule has 2 atom stereocenters. The topological polar surface area (TPSA) is 104 Å². The molecule has 5 rings (SSSR count). The molecule has 9 heteroatoms. The first-order valence-electron chi connectivity index (χ1n) is 11.5. The number of ether oxygens (including phenoxy) is 1. The lowest BCUT2D eigenvalue weighted by Gasteiger charge is -2.35. The molecule has 3 heterocycles. The van der Waals surface area contributed by atoms with Crippen molar-refractivity contribution in [2.24, 2.45) is 0 Å². The molecular weight excluding hydrogens is 494 g/mol. The van der Waals surface area contributed by atoms with Crippen LogP contribution in [-0.4, -0.2) is 41.1 Å². The van der Waals surface area contributed by atoms with E-state index in [1.807, 2.05) is 56.3 Å². The van der Waals surface area contributed by atoms with E-state index in [1.165, 1.54) is 11.3 Å². The largest absolute Gasteiger partial charge is 0.383 e. The van der Waals surface area contributed by atoms with Crippen LogP contribution >= 0.6 is 22.9 Å². The third kappa shape index (κ3) is 4.49. The normalized spacial score (nSPS) is 17.7. The Morgan fingerprint density at radius 3 is 2.47 bits per heavy atom. The number of para-hydroxylation sites is 1. The van der Waals surface area contributed by atoms with Gasteiger partial charge in [0, 0.05) is 29.4 Å². The minimum atomic E-state index is -0.152. The average Bonchev–Trinajstić information content (AvgIpc) is 3.20. The van der Waals surface area contributed by atoms with Crippen molar-refractivity contribution in [1.82, 2.24) is 9.88 Å². The number of nitriles is 1. The molecule has 0 spiro atoms. The van der Waals surface area contributed by atoms with Crippen molar-refractivity contribution in [1.29, 1.82) is 5.26 Å². The lowest BCUT2D eigenvalue weighted by molar-refractivity contribution is -0.0585. The summed E-state index contributed by atoms with van der Waals surface area (Å²) in [4.78, 5) is 20.4. The Balaban J connectivity index is 1.75. The van der Waals surface area contributed by atoms with Gasteiger partial charge in [-0.3, -0.25) is 4.79 Å². The lowest BCUT2D eigenvalue weighted by atomic mass is 9.99. The van der Waals surface area contributed by atoms with Gasteiger partial charge in [-0.05, 0) is 43.7 Å². The molecule has 36 heavy (non-hydrogen) atoms. The van der Waals surface area contributed by atoms with E-state index in [1.54, 1.807) is 17.0 Å². The van der Waals surface area contributed by atoms with Gasteiger partial charge in [0.2, 0.25) is 0 Å². The van der Waals surface area contributed by atoms with Crippen molar-refractivity contribution in [3.63, 3.8) is 0 Å². The highest BCUT2D eigenvalue weighted by molar-refractivity contribution is 7.24. The summed E-state index contributed by atoms with van der Waals surface area (Å²) in [7, 11) is 0. The lowest BCUT2D eigenvalue weighted by Crippen LogP contribution is -2.48. The van der Waals surface area contributed by atoms with E-state index < -0.39 is 0 Å². The summed E-state index contributed by atoms with van der Waals surface area (Å²) in [5.41, 5.74) is 9.72. The van der Waals surface area contributed by atoms with E-state index >= 15 is 0 Å². The summed E-state index contributed by atoms with van der Waals surface area (Å²) in [6.45, 7) is 4.86. The molecule has 2 aromatic heterocycles. The van der Waals surface area contributed by atoms with Gasteiger partial charge in [0.25, 0.3) is 5.91 Å². The average molecular weight is 518 g/mol. The second-order valence-electron chi connectivity index (χ2n) is 8.81. The number of amides is 1. The zero-order valence-corrected chi connectivity index (χ0v) is 21.4. The van der Waals surface area contributed by atoms with Gasteiger partial charge in [-0.1, -0.05) is 41.9 Å². The highest BCUT2D eigenvalue weighted by atomic mass is 35.5. The van der Waals surface area contributed by atoms with Gasteiger partial charge in [-0.2, -0.15) is 5.26 Å². The number of nitrogens with two attached hydrogens (primary N) is 1. The van der Waals surface area contributed by atoms with Gasteiger partial charge in [0.1, 0.15) is 28.0 Å². The molecule has 182 valence electrons. The minimum Gasteiger partial charge on any atom is -0.383 e. The monoisotopic (exact) mass is 517 g/mol. The van der Waals surface area contributed by atoms with Crippen LogP contribution in [0.5, 0.6) is 0 Å². The maximum absolute atomic E-state index is 14.0. The molecule has 0 aliphatic carbocycles. The number of nitrogen functional groups attached to an aromatic ring is 1. The number of nitrogens with one attached hydrogen (secondary N) is 1. The molecule has 2 aromatic carbocycles. The number of thiophene rings is 1. The fourth-order valence-corrected chi connectivity index (χ4v) is 5.91. The second-order valence-corrected chi connectivity index (χ2v) is 10.3. The van der Waals surface area contributed by atoms with Crippen molar-refractivity contribution in [3.05, 3.63) is 70.7 Å². The predicted octanol–water partition coefficient (Wildman–Crippen LogP) is 6.06. The molecule has 2 unspecified atom stereocenters. The van der Waals surface area contributed by atoms with Crippen LogP contribution < -0.4 is 11.1 Å². The number of anilines is 3. The van der Waals surface area contributed by atoms with Crippen LogP contribution in [0, 0.1) is 11.3 Å². The Morgan fingerprint density at radius 2 is 1.83 bits per heavy atom.